The van der Waals surface area contributed by atoms with Crippen LogP contribution in [0.2, 0.25) is 0 Å². The minimum Gasteiger partial charge on any atom is -0.489 e. The van der Waals surface area contributed by atoms with Crippen LogP contribution in [0.15, 0.2) is 77.7 Å². The number of amides is 1. The first kappa shape index (κ1) is 18.7. The van der Waals surface area contributed by atoms with Crippen LogP contribution < -0.4 is 10.5 Å². The van der Waals surface area contributed by atoms with E-state index in [2.05, 4.69) is 0 Å². The fourth-order valence-corrected chi connectivity index (χ4v) is 3.32. The van der Waals surface area contributed by atoms with Crippen LogP contribution in [-0.4, -0.2) is 20.6 Å². The first-order valence-corrected chi connectivity index (χ1v) is 10.1. The molecular formula is C21H19NO4S. The van der Waals surface area contributed by atoms with Crippen LogP contribution in [0.4, 0.5) is 0 Å². The molecule has 0 aliphatic heterocycles. The Kier molecular flexibility index (Phi) is 5.28. The van der Waals surface area contributed by atoms with Crippen molar-refractivity contribution in [3.8, 4) is 16.9 Å². The molecule has 0 fully saturated rings. The normalized spacial score (nSPS) is 11.1. The highest BCUT2D eigenvalue weighted by Gasteiger charge is 2.13. The van der Waals surface area contributed by atoms with E-state index in [0.29, 0.717) is 29.0 Å². The van der Waals surface area contributed by atoms with Crippen molar-refractivity contribution in [1.82, 2.24) is 0 Å². The number of carbonyl (C=O) groups excluding carboxylic acids is 1. The molecule has 6 heteroatoms. The summed E-state index contributed by atoms with van der Waals surface area (Å²) >= 11 is 0. The van der Waals surface area contributed by atoms with Crippen LogP contribution in [0.3, 0.4) is 0 Å². The molecule has 0 bridgehead atoms. The summed E-state index contributed by atoms with van der Waals surface area (Å²) in [7, 11) is -3.28. The van der Waals surface area contributed by atoms with Gasteiger partial charge in [0.2, 0.25) is 5.91 Å². The van der Waals surface area contributed by atoms with Gasteiger partial charge in [0.25, 0.3) is 0 Å². The number of benzene rings is 3. The summed E-state index contributed by atoms with van der Waals surface area (Å²) in [6.07, 6.45) is 1.15. The van der Waals surface area contributed by atoms with E-state index in [4.69, 9.17) is 10.5 Å². The molecule has 0 unspecified atom stereocenters. The predicted molar refractivity (Wildman–Crippen MR) is 104 cm³/mol. The standard InChI is InChI=1S/C21H19NO4S/c1-27(24,25)18-10-7-16(8-11-18)19-12-9-17(13-20(19)21(22)23)26-14-15-5-3-2-4-6-15/h2-13H,14H2,1H3,(H2,22,23). The maximum Gasteiger partial charge on any atom is 0.249 e. The summed E-state index contributed by atoms with van der Waals surface area (Å²) in [4.78, 5) is 12.1. The second kappa shape index (κ2) is 7.63. The average Bonchev–Trinajstić information content (AvgIpc) is 2.66. The highest BCUT2D eigenvalue weighted by atomic mass is 32.2. The molecule has 138 valence electrons. The molecule has 0 radical (unpaired) electrons. The van der Waals surface area contributed by atoms with Gasteiger partial charge in [0, 0.05) is 6.26 Å². The third-order valence-corrected chi connectivity index (χ3v) is 5.23. The minimum absolute atomic E-state index is 0.217. The number of ether oxygens (including phenoxy) is 1. The molecule has 3 aromatic rings. The smallest absolute Gasteiger partial charge is 0.249 e. The summed E-state index contributed by atoms with van der Waals surface area (Å²) in [6, 6.07) is 21.1. The molecule has 27 heavy (non-hydrogen) atoms. The topological polar surface area (TPSA) is 86.5 Å². The number of hydrogen-bond donors (Lipinski definition) is 1. The first-order chi connectivity index (χ1) is 12.8. The summed E-state index contributed by atoms with van der Waals surface area (Å²) in [5.74, 6) is -0.0495. The maximum absolute atomic E-state index is 11.9. The van der Waals surface area contributed by atoms with Gasteiger partial charge in [-0.2, -0.15) is 0 Å². The third kappa shape index (κ3) is 4.54. The monoisotopic (exact) mass is 381 g/mol. The SMILES string of the molecule is CS(=O)(=O)c1ccc(-c2ccc(OCc3ccccc3)cc2C(N)=O)cc1. The fourth-order valence-electron chi connectivity index (χ4n) is 2.69. The lowest BCUT2D eigenvalue weighted by Crippen LogP contribution is -2.12. The van der Waals surface area contributed by atoms with Gasteiger partial charge in [0.1, 0.15) is 12.4 Å². The lowest BCUT2D eigenvalue weighted by atomic mass is 9.99. The highest BCUT2D eigenvalue weighted by Crippen LogP contribution is 2.28. The second-order valence-corrected chi connectivity index (χ2v) is 8.16. The van der Waals surface area contributed by atoms with Gasteiger partial charge in [-0.1, -0.05) is 42.5 Å². The number of sulfone groups is 1. The van der Waals surface area contributed by atoms with Crippen molar-refractivity contribution in [1.29, 1.82) is 0 Å². The van der Waals surface area contributed by atoms with E-state index in [1.54, 1.807) is 30.3 Å². The molecular weight excluding hydrogens is 362 g/mol. The van der Waals surface area contributed by atoms with Gasteiger partial charge in [-0.05, 0) is 47.0 Å². The Bertz CT molecular complexity index is 1060. The van der Waals surface area contributed by atoms with Crippen molar-refractivity contribution in [3.63, 3.8) is 0 Å². The van der Waals surface area contributed by atoms with Crippen molar-refractivity contribution < 1.29 is 17.9 Å². The Hall–Kier alpha value is -3.12. The molecule has 3 rings (SSSR count). The molecule has 0 saturated carbocycles. The number of nitrogens with two attached hydrogens (primary N) is 1. The zero-order chi connectivity index (χ0) is 19.4. The van der Waals surface area contributed by atoms with E-state index in [0.717, 1.165) is 11.8 Å². The van der Waals surface area contributed by atoms with Crippen LogP contribution in [0.25, 0.3) is 11.1 Å². The Morgan fingerprint density at radius 3 is 2.22 bits per heavy atom. The zero-order valence-electron chi connectivity index (χ0n) is 14.8. The molecule has 0 aliphatic carbocycles. The molecule has 3 aromatic carbocycles. The van der Waals surface area contributed by atoms with Gasteiger partial charge < -0.3 is 10.5 Å². The molecule has 0 saturated heterocycles. The number of hydrogen-bond acceptors (Lipinski definition) is 4. The fraction of sp³-hybridized carbons (Fsp3) is 0.0952. The Morgan fingerprint density at radius 1 is 0.963 bits per heavy atom. The minimum atomic E-state index is -3.28. The van der Waals surface area contributed by atoms with Gasteiger partial charge in [-0.3, -0.25) is 4.79 Å². The largest absolute Gasteiger partial charge is 0.489 e. The van der Waals surface area contributed by atoms with Crippen molar-refractivity contribution in [2.24, 2.45) is 5.73 Å². The van der Waals surface area contributed by atoms with E-state index in [1.165, 1.54) is 12.1 Å². The second-order valence-electron chi connectivity index (χ2n) is 6.14. The maximum atomic E-state index is 11.9. The highest BCUT2D eigenvalue weighted by molar-refractivity contribution is 7.90. The van der Waals surface area contributed by atoms with Crippen molar-refractivity contribution in [2.45, 2.75) is 11.5 Å². The lowest BCUT2D eigenvalue weighted by Gasteiger charge is -2.12. The molecule has 0 aliphatic rings. The van der Waals surface area contributed by atoms with E-state index < -0.39 is 15.7 Å². The average molecular weight is 381 g/mol. The third-order valence-electron chi connectivity index (χ3n) is 4.10. The summed E-state index contributed by atoms with van der Waals surface area (Å²) < 4.78 is 28.9. The van der Waals surface area contributed by atoms with Crippen LogP contribution in [0.5, 0.6) is 5.75 Å². The molecule has 1 amide bonds. The zero-order valence-corrected chi connectivity index (χ0v) is 15.6. The van der Waals surface area contributed by atoms with Crippen LogP contribution in [-0.2, 0) is 16.4 Å². The van der Waals surface area contributed by atoms with Gasteiger partial charge in [0.15, 0.2) is 9.84 Å². The Morgan fingerprint density at radius 2 is 1.63 bits per heavy atom. The van der Waals surface area contributed by atoms with Gasteiger partial charge in [-0.15, -0.1) is 0 Å². The molecule has 2 N–H and O–H groups in total. The van der Waals surface area contributed by atoms with E-state index in [-0.39, 0.29) is 4.90 Å². The predicted octanol–water partition coefficient (Wildman–Crippen LogP) is 3.44. The van der Waals surface area contributed by atoms with Crippen LogP contribution >= 0.6 is 0 Å². The molecule has 5 nitrogen and oxygen atoms in total. The summed E-state index contributed by atoms with van der Waals surface area (Å²) in [6.45, 7) is 0.376. The van der Waals surface area contributed by atoms with E-state index >= 15 is 0 Å². The molecule has 0 spiro atoms. The van der Waals surface area contributed by atoms with Crippen LogP contribution in [0, 0.1) is 0 Å². The Balaban J connectivity index is 1.89. The molecule has 0 heterocycles. The van der Waals surface area contributed by atoms with Crippen molar-refractivity contribution >= 4 is 15.7 Å². The van der Waals surface area contributed by atoms with E-state index in [9.17, 15) is 13.2 Å². The van der Waals surface area contributed by atoms with E-state index in [1.807, 2.05) is 30.3 Å². The summed E-state index contributed by atoms with van der Waals surface area (Å²) in [5, 5.41) is 0. The van der Waals surface area contributed by atoms with Crippen molar-refractivity contribution in [3.05, 3.63) is 83.9 Å². The van der Waals surface area contributed by atoms with Gasteiger partial charge in [0.05, 0.1) is 10.5 Å². The van der Waals surface area contributed by atoms with Gasteiger partial charge in [-0.25, -0.2) is 8.42 Å². The summed E-state index contributed by atoms with van der Waals surface area (Å²) in [5.41, 5.74) is 8.18. The quantitative estimate of drug-likeness (QED) is 0.709. The molecule has 0 aromatic heterocycles. The number of primary amides is 1. The van der Waals surface area contributed by atoms with Gasteiger partial charge >= 0.3 is 0 Å². The first-order valence-electron chi connectivity index (χ1n) is 8.25. The van der Waals surface area contributed by atoms with Crippen molar-refractivity contribution in [2.75, 3.05) is 6.26 Å². The lowest BCUT2D eigenvalue weighted by molar-refractivity contribution is 0.100. The Labute approximate surface area is 158 Å². The number of carbonyl (C=O) groups is 1. The molecule has 0 atom stereocenters. The number of rotatable bonds is 6. The van der Waals surface area contributed by atoms with Crippen LogP contribution in [0.1, 0.15) is 15.9 Å².